The van der Waals surface area contributed by atoms with E-state index in [-0.39, 0.29) is 5.91 Å². The summed E-state index contributed by atoms with van der Waals surface area (Å²) < 4.78 is 1.80. The zero-order chi connectivity index (χ0) is 14.8. The van der Waals surface area contributed by atoms with E-state index in [0.717, 1.165) is 16.9 Å². The maximum absolute atomic E-state index is 12.4. The zero-order valence-electron chi connectivity index (χ0n) is 11.5. The molecule has 1 N–H and O–H groups in total. The predicted molar refractivity (Wildman–Crippen MR) is 82.6 cm³/mol. The SMILES string of the molecule is Cc1nc2ccccn2c1C(=O)NCc1ccc(Cl)cc1. The molecule has 0 unspecified atom stereocenters. The highest BCUT2D eigenvalue weighted by atomic mass is 35.5. The molecule has 0 aliphatic rings. The van der Waals surface area contributed by atoms with Crippen molar-refractivity contribution in [3.63, 3.8) is 0 Å². The quantitative estimate of drug-likeness (QED) is 0.807. The van der Waals surface area contributed by atoms with E-state index in [4.69, 9.17) is 11.6 Å². The van der Waals surface area contributed by atoms with Gasteiger partial charge in [0.25, 0.3) is 5.91 Å². The maximum Gasteiger partial charge on any atom is 0.270 e. The minimum absolute atomic E-state index is 0.138. The lowest BCUT2D eigenvalue weighted by Gasteiger charge is -2.06. The number of benzene rings is 1. The summed E-state index contributed by atoms with van der Waals surface area (Å²) >= 11 is 5.84. The fourth-order valence-electron chi connectivity index (χ4n) is 2.26. The molecule has 5 heteroatoms. The Bertz CT molecular complexity index is 793. The van der Waals surface area contributed by atoms with Crippen LogP contribution in [-0.4, -0.2) is 15.3 Å². The first-order valence-corrected chi connectivity index (χ1v) is 6.99. The van der Waals surface area contributed by atoms with Gasteiger partial charge in [-0.2, -0.15) is 0 Å². The molecule has 3 aromatic rings. The number of rotatable bonds is 3. The smallest absolute Gasteiger partial charge is 0.270 e. The molecule has 1 aromatic carbocycles. The van der Waals surface area contributed by atoms with Crippen molar-refractivity contribution in [3.05, 3.63) is 70.6 Å². The van der Waals surface area contributed by atoms with Crippen molar-refractivity contribution in [1.82, 2.24) is 14.7 Å². The number of fused-ring (bicyclic) bond motifs is 1. The molecule has 0 spiro atoms. The van der Waals surface area contributed by atoms with Crippen LogP contribution in [0.3, 0.4) is 0 Å². The predicted octanol–water partition coefficient (Wildman–Crippen LogP) is 3.23. The number of imidazole rings is 1. The molecule has 106 valence electrons. The van der Waals surface area contributed by atoms with Gasteiger partial charge in [0, 0.05) is 17.8 Å². The van der Waals surface area contributed by atoms with Crippen LogP contribution in [-0.2, 0) is 6.54 Å². The van der Waals surface area contributed by atoms with Crippen LogP contribution in [0.15, 0.2) is 48.7 Å². The summed E-state index contributed by atoms with van der Waals surface area (Å²) in [4.78, 5) is 16.8. The average Bonchev–Trinajstić information content (AvgIpc) is 2.82. The molecule has 0 saturated carbocycles. The molecule has 3 rings (SSSR count). The Balaban J connectivity index is 1.81. The lowest BCUT2D eigenvalue weighted by Crippen LogP contribution is -2.24. The molecule has 21 heavy (non-hydrogen) atoms. The Morgan fingerprint density at radius 3 is 2.76 bits per heavy atom. The second-order valence-electron chi connectivity index (χ2n) is 4.78. The van der Waals surface area contributed by atoms with Crippen LogP contribution < -0.4 is 5.32 Å². The molecule has 0 radical (unpaired) electrons. The molecular formula is C16H14ClN3O. The van der Waals surface area contributed by atoms with Crippen LogP contribution in [0.25, 0.3) is 5.65 Å². The zero-order valence-corrected chi connectivity index (χ0v) is 12.3. The molecule has 0 aliphatic carbocycles. The van der Waals surface area contributed by atoms with Crippen LogP contribution in [0.5, 0.6) is 0 Å². The highest BCUT2D eigenvalue weighted by Gasteiger charge is 2.15. The topological polar surface area (TPSA) is 46.4 Å². The van der Waals surface area contributed by atoms with Crippen molar-refractivity contribution >= 4 is 23.2 Å². The first-order chi connectivity index (χ1) is 10.1. The normalized spacial score (nSPS) is 10.8. The van der Waals surface area contributed by atoms with Crippen LogP contribution in [0.4, 0.5) is 0 Å². The number of hydrogen-bond donors (Lipinski definition) is 1. The van der Waals surface area contributed by atoms with Crippen molar-refractivity contribution in [2.24, 2.45) is 0 Å². The number of halogens is 1. The molecule has 0 aliphatic heterocycles. The van der Waals surface area contributed by atoms with Gasteiger partial charge >= 0.3 is 0 Å². The van der Waals surface area contributed by atoms with Gasteiger partial charge in [-0.3, -0.25) is 9.20 Å². The summed E-state index contributed by atoms with van der Waals surface area (Å²) in [5.74, 6) is -0.138. The number of aryl methyl sites for hydroxylation is 1. The van der Waals surface area contributed by atoms with Gasteiger partial charge in [0.2, 0.25) is 0 Å². The molecule has 0 fully saturated rings. The monoisotopic (exact) mass is 299 g/mol. The molecule has 0 saturated heterocycles. The van der Waals surface area contributed by atoms with Gasteiger partial charge in [0.1, 0.15) is 11.3 Å². The van der Waals surface area contributed by atoms with E-state index in [9.17, 15) is 4.79 Å². The molecule has 2 heterocycles. The first kappa shape index (κ1) is 13.6. The molecule has 2 aromatic heterocycles. The summed E-state index contributed by atoms with van der Waals surface area (Å²) in [6.07, 6.45) is 1.84. The van der Waals surface area contributed by atoms with Crippen molar-refractivity contribution < 1.29 is 4.79 Å². The maximum atomic E-state index is 12.4. The van der Waals surface area contributed by atoms with E-state index in [1.54, 1.807) is 4.40 Å². The summed E-state index contributed by atoms with van der Waals surface area (Å²) in [5.41, 5.74) is 3.06. The fraction of sp³-hybridized carbons (Fsp3) is 0.125. The molecule has 0 atom stereocenters. The van der Waals surface area contributed by atoms with E-state index < -0.39 is 0 Å². The van der Waals surface area contributed by atoms with Gasteiger partial charge < -0.3 is 5.32 Å². The van der Waals surface area contributed by atoms with Crippen molar-refractivity contribution in [2.75, 3.05) is 0 Å². The highest BCUT2D eigenvalue weighted by Crippen LogP contribution is 2.12. The minimum atomic E-state index is -0.138. The number of aromatic nitrogens is 2. The Morgan fingerprint density at radius 2 is 2.00 bits per heavy atom. The van der Waals surface area contributed by atoms with Crippen LogP contribution >= 0.6 is 11.6 Å². The molecule has 4 nitrogen and oxygen atoms in total. The van der Waals surface area contributed by atoms with Crippen molar-refractivity contribution in [3.8, 4) is 0 Å². The Labute approximate surface area is 127 Å². The van der Waals surface area contributed by atoms with Gasteiger partial charge in [0.05, 0.1) is 5.69 Å². The van der Waals surface area contributed by atoms with Gasteiger partial charge in [0.15, 0.2) is 0 Å². The van der Waals surface area contributed by atoms with E-state index in [2.05, 4.69) is 10.3 Å². The lowest BCUT2D eigenvalue weighted by atomic mass is 10.2. The molecule has 1 amide bonds. The Kier molecular flexibility index (Phi) is 3.62. The number of carbonyl (C=O) groups is 1. The fourth-order valence-corrected chi connectivity index (χ4v) is 2.38. The number of nitrogens with zero attached hydrogens (tertiary/aromatic N) is 2. The van der Waals surface area contributed by atoms with E-state index in [1.807, 2.05) is 55.6 Å². The third-order valence-corrected chi connectivity index (χ3v) is 3.54. The highest BCUT2D eigenvalue weighted by molar-refractivity contribution is 6.30. The first-order valence-electron chi connectivity index (χ1n) is 6.61. The van der Waals surface area contributed by atoms with Crippen molar-refractivity contribution in [2.45, 2.75) is 13.5 Å². The summed E-state index contributed by atoms with van der Waals surface area (Å²) in [6, 6.07) is 13.1. The standard InChI is InChI=1S/C16H14ClN3O/c1-11-15(20-9-3-2-4-14(20)19-11)16(21)18-10-12-5-7-13(17)8-6-12/h2-9H,10H2,1H3,(H,18,21). The molecular weight excluding hydrogens is 286 g/mol. The van der Waals surface area contributed by atoms with Crippen LogP contribution in [0.1, 0.15) is 21.7 Å². The minimum Gasteiger partial charge on any atom is -0.347 e. The third-order valence-electron chi connectivity index (χ3n) is 3.29. The van der Waals surface area contributed by atoms with E-state index >= 15 is 0 Å². The molecule has 0 bridgehead atoms. The van der Waals surface area contributed by atoms with Crippen LogP contribution in [0.2, 0.25) is 5.02 Å². The van der Waals surface area contributed by atoms with Gasteiger partial charge in [-0.1, -0.05) is 29.8 Å². The van der Waals surface area contributed by atoms with Crippen molar-refractivity contribution in [1.29, 1.82) is 0 Å². The van der Waals surface area contributed by atoms with E-state index in [0.29, 0.717) is 17.3 Å². The number of nitrogens with one attached hydrogen (secondary N) is 1. The number of hydrogen-bond acceptors (Lipinski definition) is 2. The van der Waals surface area contributed by atoms with Gasteiger partial charge in [-0.25, -0.2) is 4.98 Å². The number of pyridine rings is 1. The lowest BCUT2D eigenvalue weighted by molar-refractivity contribution is 0.0944. The van der Waals surface area contributed by atoms with Gasteiger partial charge in [-0.15, -0.1) is 0 Å². The number of carbonyl (C=O) groups excluding carboxylic acids is 1. The second kappa shape index (κ2) is 5.58. The second-order valence-corrected chi connectivity index (χ2v) is 5.22. The average molecular weight is 300 g/mol. The van der Waals surface area contributed by atoms with Gasteiger partial charge in [-0.05, 0) is 36.8 Å². The summed E-state index contributed by atoms with van der Waals surface area (Å²) in [7, 11) is 0. The largest absolute Gasteiger partial charge is 0.347 e. The van der Waals surface area contributed by atoms with Crippen LogP contribution in [0, 0.1) is 6.92 Å². The third kappa shape index (κ3) is 2.76. The Morgan fingerprint density at radius 1 is 1.24 bits per heavy atom. The Hall–Kier alpha value is -2.33. The number of amides is 1. The summed E-state index contributed by atoms with van der Waals surface area (Å²) in [6.45, 7) is 2.29. The summed E-state index contributed by atoms with van der Waals surface area (Å²) in [5, 5.41) is 3.59. The van der Waals surface area contributed by atoms with E-state index in [1.165, 1.54) is 0 Å².